The van der Waals surface area contributed by atoms with Crippen LogP contribution in [0, 0.1) is 0 Å². The summed E-state index contributed by atoms with van der Waals surface area (Å²) in [4.78, 5) is 11.0. The second-order valence-corrected chi connectivity index (χ2v) is 2.54. The number of hydrogen-bond donors (Lipinski definition) is 2. The van der Waals surface area contributed by atoms with Crippen LogP contribution in [0.3, 0.4) is 0 Å². The van der Waals surface area contributed by atoms with Gasteiger partial charge in [0.05, 0.1) is 12.7 Å². The summed E-state index contributed by atoms with van der Waals surface area (Å²) >= 11 is 0. The van der Waals surface area contributed by atoms with Crippen molar-refractivity contribution in [2.24, 2.45) is 0 Å². The van der Waals surface area contributed by atoms with Crippen LogP contribution in [0.25, 0.3) is 0 Å². The van der Waals surface area contributed by atoms with Crippen molar-refractivity contribution in [3.63, 3.8) is 0 Å². The van der Waals surface area contributed by atoms with Crippen LogP contribution in [0.2, 0.25) is 0 Å². The number of esters is 1. The van der Waals surface area contributed by atoms with Gasteiger partial charge in [-0.1, -0.05) is 0 Å². The van der Waals surface area contributed by atoms with Crippen molar-refractivity contribution in [1.29, 1.82) is 0 Å². The van der Waals surface area contributed by atoms with Crippen LogP contribution in [0.15, 0.2) is 0 Å². The highest BCUT2D eigenvalue weighted by molar-refractivity contribution is 5.76. The molecule has 0 radical (unpaired) electrons. The molecule has 0 bridgehead atoms. The number of nitrogens with one attached hydrogen (secondary N) is 1. The number of aliphatic hydroxyl groups is 1. The van der Waals surface area contributed by atoms with Gasteiger partial charge in [0.25, 0.3) is 0 Å². The molecule has 1 fully saturated rings. The van der Waals surface area contributed by atoms with Crippen molar-refractivity contribution in [3.05, 3.63) is 0 Å². The molecule has 4 nitrogen and oxygen atoms in total. The van der Waals surface area contributed by atoms with Gasteiger partial charge < -0.3 is 15.2 Å². The van der Waals surface area contributed by atoms with Crippen molar-refractivity contribution in [3.8, 4) is 0 Å². The van der Waals surface area contributed by atoms with E-state index in [2.05, 4.69) is 5.32 Å². The van der Waals surface area contributed by atoms with Crippen molar-refractivity contribution >= 4 is 5.97 Å². The molecule has 64 valence electrons. The molecule has 1 aliphatic heterocycles. The van der Waals surface area contributed by atoms with E-state index in [0.717, 1.165) is 0 Å². The standard InChI is InChI=1S/C7H13NO3/c1-2-11-7(10)6-5(9)3-4-8-6/h5-6,8-9H,2-4H2,1H3/t5-,6+/m1/s1/i7+1. The average molecular weight is 160 g/mol. The lowest BCUT2D eigenvalue weighted by Crippen LogP contribution is -2.39. The first kappa shape index (κ1) is 8.49. The Morgan fingerprint density at radius 2 is 2.55 bits per heavy atom. The highest BCUT2D eigenvalue weighted by Crippen LogP contribution is 2.07. The van der Waals surface area contributed by atoms with Gasteiger partial charge >= 0.3 is 5.97 Å². The number of carbonyl (C=O) groups is 1. The second-order valence-electron chi connectivity index (χ2n) is 2.54. The maximum absolute atomic E-state index is 11.0. The Hall–Kier alpha value is -0.610. The van der Waals surface area contributed by atoms with E-state index < -0.39 is 12.1 Å². The summed E-state index contributed by atoms with van der Waals surface area (Å²) in [5.41, 5.74) is 0. The first-order valence-electron chi connectivity index (χ1n) is 3.83. The zero-order chi connectivity index (χ0) is 8.27. The summed E-state index contributed by atoms with van der Waals surface area (Å²) in [5.74, 6) is -0.350. The lowest BCUT2D eigenvalue weighted by atomic mass is 10.2. The van der Waals surface area contributed by atoms with Crippen molar-refractivity contribution in [2.45, 2.75) is 25.5 Å². The predicted molar refractivity (Wildman–Crippen MR) is 39.0 cm³/mol. The SMILES string of the molecule is CCO[13C](=O)[C@H]1NCC[C@H]1O. The molecule has 2 N–H and O–H groups in total. The fourth-order valence-corrected chi connectivity index (χ4v) is 1.16. The Bertz CT molecular complexity index is 149. The monoisotopic (exact) mass is 160 g/mol. The van der Waals surface area contributed by atoms with Crippen LogP contribution >= 0.6 is 0 Å². The Labute approximate surface area is 65.5 Å². The summed E-state index contributed by atoms with van der Waals surface area (Å²) in [5, 5.41) is 12.1. The molecule has 4 heteroatoms. The molecule has 0 unspecified atom stereocenters. The molecule has 0 aromatic rings. The number of ether oxygens (including phenoxy) is 1. The van der Waals surface area contributed by atoms with Gasteiger partial charge in [0, 0.05) is 0 Å². The molecule has 0 aliphatic carbocycles. The fourth-order valence-electron chi connectivity index (χ4n) is 1.16. The molecule has 1 saturated heterocycles. The maximum atomic E-state index is 11.0. The van der Waals surface area contributed by atoms with Crippen LogP contribution in [0.4, 0.5) is 0 Å². The first-order valence-corrected chi connectivity index (χ1v) is 3.83. The maximum Gasteiger partial charge on any atom is 0.325 e. The van der Waals surface area contributed by atoms with E-state index in [1.54, 1.807) is 6.92 Å². The van der Waals surface area contributed by atoms with Crippen molar-refractivity contribution < 1.29 is 14.6 Å². The molecule has 0 amide bonds. The third-order valence-corrected chi connectivity index (χ3v) is 1.73. The molecule has 1 heterocycles. The minimum Gasteiger partial charge on any atom is -0.465 e. The predicted octanol–water partition coefficient (Wildman–Crippen LogP) is -0.728. The minimum absolute atomic E-state index is 0.350. The third-order valence-electron chi connectivity index (χ3n) is 1.73. The van der Waals surface area contributed by atoms with Gasteiger partial charge in [-0.2, -0.15) is 0 Å². The van der Waals surface area contributed by atoms with Gasteiger partial charge in [0.15, 0.2) is 0 Å². The van der Waals surface area contributed by atoms with Crippen LogP contribution in [-0.4, -0.2) is 36.4 Å². The summed E-state index contributed by atoms with van der Waals surface area (Å²) in [6, 6.07) is -0.505. The van der Waals surface area contributed by atoms with Crippen molar-refractivity contribution in [2.75, 3.05) is 13.2 Å². The van der Waals surface area contributed by atoms with E-state index >= 15 is 0 Å². The molecule has 11 heavy (non-hydrogen) atoms. The average Bonchev–Trinajstić information content (AvgIpc) is 2.36. The fraction of sp³-hybridized carbons (Fsp3) is 0.857. The van der Waals surface area contributed by atoms with Crippen molar-refractivity contribution in [1.82, 2.24) is 5.32 Å². The van der Waals surface area contributed by atoms with Gasteiger partial charge in [0.1, 0.15) is 6.04 Å². The Balaban J connectivity index is 2.39. The summed E-state index contributed by atoms with van der Waals surface area (Å²) in [7, 11) is 0. The first-order chi connectivity index (χ1) is 5.25. The molecule has 2 atom stereocenters. The highest BCUT2D eigenvalue weighted by atomic mass is 16.6. The largest absolute Gasteiger partial charge is 0.465 e. The topological polar surface area (TPSA) is 58.6 Å². The van der Waals surface area contributed by atoms with Gasteiger partial charge in [-0.05, 0) is 19.9 Å². The van der Waals surface area contributed by atoms with Gasteiger partial charge in [0.2, 0.25) is 0 Å². The minimum atomic E-state index is -0.575. The molecule has 1 rings (SSSR count). The molecular weight excluding hydrogens is 147 g/mol. The summed E-state index contributed by atoms with van der Waals surface area (Å²) < 4.78 is 4.73. The van der Waals surface area contributed by atoms with Gasteiger partial charge in [-0.25, -0.2) is 0 Å². The van der Waals surface area contributed by atoms with Crippen LogP contribution in [-0.2, 0) is 9.53 Å². The van der Waals surface area contributed by atoms with E-state index in [-0.39, 0.29) is 5.97 Å². The van der Waals surface area contributed by atoms with E-state index in [9.17, 15) is 9.90 Å². The van der Waals surface area contributed by atoms with E-state index in [4.69, 9.17) is 4.74 Å². The molecule has 0 saturated carbocycles. The Kier molecular flexibility index (Phi) is 2.84. The summed E-state index contributed by atoms with van der Waals surface area (Å²) in [6.07, 6.45) is 0.0535. The number of rotatable bonds is 2. The normalized spacial score (nSPS) is 30.4. The second kappa shape index (κ2) is 3.69. The van der Waals surface area contributed by atoms with Crippen LogP contribution in [0.1, 0.15) is 13.3 Å². The Morgan fingerprint density at radius 3 is 3.00 bits per heavy atom. The molecule has 1 aliphatic rings. The van der Waals surface area contributed by atoms with E-state index in [0.29, 0.717) is 19.6 Å². The van der Waals surface area contributed by atoms with Gasteiger partial charge in [-0.3, -0.25) is 4.79 Å². The Morgan fingerprint density at radius 1 is 1.82 bits per heavy atom. The number of aliphatic hydroxyl groups excluding tert-OH is 1. The van der Waals surface area contributed by atoms with Crippen LogP contribution < -0.4 is 5.32 Å². The highest BCUT2D eigenvalue weighted by Gasteiger charge is 2.31. The van der Waals surface area contributed by atoms with E-state index in [1.165, 1.54) is 0 Å². The van der Waals surface area contributed by atoms with Crippen LogP contribution in [0.5, 0.6) is 0 Å². The smallest absolute Gasteiger partial charge is 0.325 e. The zero-order valence-electron chi connectivity index (χ0n) is 6.54. The third kappa shape index (κ3) is 1.91. The molecule has 0 aromatic heterocycles. The summed E-state index contributed by atoms with van der Waals surface area (Å²) in [6.45, 7) is 2.80. The number of hydrogen-bond acceptors (Lipinski definition) is 4. The molecule has 0 spiro atoms. The number of carbonyl (C=O) groups excluding carboxylic acids is 1. The quantitative estimate of drug-likeness (QED) is 0.413. The lowest BCUT2D eigenvalue weighted by molar-refractivity contribution is -0.147. The lowest BCUT2D eigenvalue weighted by Gasteiger charge is -2.12. The van der Waals surface area contributed by atoms with Gasteiger partial charge in [-0.15, -0.1) is 0 Å². The molecule has 0 aromatic carbocycles. The molecular formula is C7H13NO3. The van der Waals surface area contributed by atoms with E-state index in [1.807, 2.05) is 0 Å². The zero-order valence-corrected chi connectivity index (χ0v) is 6.54.